The van der Waals surface area contributed by atoms with Crippen molar-refractivity contribution in [2.75, 3.05) is 0 Å². The Morgan fingerprint density at radius 3 is 1.76 bits per heavy atom. The van der Waals surface area contributed by atoms with E-state index in [4.69, 9.17) is 0 Å². The van der Waals surface area contributed by atoms with E-state index in [0.29, 0.717) is 0 Å². The fourth-order valence-corrected chi connectivity index (χ4v) is 5.43. The summed E-state index contributed by atoms with van der Waals surface area (Å²) >= 11 is 0. The van der Waals surface area contributed by atoms with E-state index in [-0.39, 0.29) is 5.78 Å². The molecule has 7 aromatic rings. The molecule has 0 fully saturated rings. The Morgan fingerprint density at radius 1 is 0.500 bits per heavy atom. The van der Waals surface area contributed by atoms with Crippen molar-refractivity contribution in [2.24, 2.45) is 0 Å². The Balaban J connectivity index is 1.42. The van der Waals surface area contributed by atoms with Gasteiger partial charge in [0, 0.05) is 5.56 Å². The molecule has 0 bridgehead atoms. The molecular weight excluding hydrogens is 412 g/mol. The van der Waals surface area contributed by atoms with E-state index < -0.39 is 0 Å². The quantitative estimate of drug-likeness (QED) is 0.118. The second-order valence-corrected chi connectivity index (χ2v) is 8.90. The van der Waals surface area contributed by atoms with Crippen molar-refractivity contribution in [1.29, 1.82) is 0 Å². The minimum absolute atomic E-state index is 0.0266. The highest BCUT2D eigenvalue weighted by Crippen LogP contribution is 2.36. The van der Waals surface area contributed by atoms with Crippen LogP contribution in [0.3, 0.4) is 0 Å². The van der Waals surface area contributed by atoms with E-state index in [0.717, 1.165) is 32.7 Å². The molecule has 0 aliphatic carbocycles. The molecule has 158 valence electrons. The first kappa shape index (κ1) is 19.0. The molecule has 0 atom stereocenters. The Labute approximate surface area is 196 Å². The van der Waals surface area contributed by atoms with Crippen LogP contribution in [0, 0.1) is 0 Å². The summed E-state index contributed by atoms with van der Waals surface area (Å²) in [6, 6.07) is 37.9. The average molecular weight is 433 g/mol. The number of rotatable bonds is 3. The van der Waals surface area contributed by atoms with Crippen LogP contribution in [0.25, 0.3) is 59.9 Å². The largest absolute Gasteiger partial charge is 0.289 e. The van der Waals surface area contributed by atoms with Gasteiger partial charge in [-0.25, -0.2) is 0 Å². The van der Waals surface area contributed by atoms with Gasteiger partial charge in [0.05, 0.1) is 0 Å². The third kappa shape index (κ3) is 2.77. The van der Waals surface area contributed by atoms with Gasteiger partial charge in [-0.3, -0.25) is 4.79 Å². The van der Waals surface area contributed by atoms with Crippen LogP contribution in [0.5, 0.6) is 0 Å². The highest BCUT2D eigenvalue weighted by Gasteiger charge is 2.14. The van der Waals surface area contributed by atoms with Gasteiger partial charge in [0.25, 0.3) is 0 Å². The molecule has 7 rings (SSSR count). The van der Waals surface area contributed by atoms with Crippen LogP contribution in [0.2, 0.25) is 0 Å². The predicted molar refractivity (Wildman–Crippen MR) is 145 cm³/mol. The van der Waals surface area contributed by atoms with Gasteiger partial charge >= 0.3 is 0 Å². The molecule has 1 heteroatoms. The molecule has 0 saturated carbocycles. The number of carbonyl (C=O) groups is 1. The van der Waals surface area contributed by atoms with Gasteiger partial charge in [0.15, 0.2) is 5.78 Å². The van der Waals surface area contributed by atoms with E-state index in [1.54, 1.807) is 6.08 Å². The first-order valence-corrected chi connectivity index (χ1v) is 11.6. The van der Waals surface area contributed by atoms with Gasteiger partial charge in [-0.2, -0.15) is 0 Å². The number of benzene rings is 7. The van der Waals surface area contributed by atoms with Crippen LogP contribution in [-0.2, 0) is 0 Å². The number of fused-ring (bicyclic) bond motifs is 2. The zero-order valence-electron chi connectivity index (χ0n) is 18.5. The maximum absolute atomic E-state index is 13.6. The summed E-state index contributed by atoms with van der Waals surface area (Å²) in [5.74, 6) is 0.0266. The second kappa shape index (κ2) is 7.26. The minimum Gasteiger partial charge on any atom is -0.289 e. The van der Waals surface area contributed by atoms with E-state index in [9.17, 15) is 4.79 Å². The van der Waals surface area contributed by atoms with Crippen molar-refractivity contribution in [2.45, 2.75) is 0 Å². The molecule has 0 spiro atoms. The van der Waals surface area contributed by atoms with Gasteiger partial charge in [0.1, 0.15) is 0 Å². The van der Waals surface area contributed by atoms with Crippen molar-refractivity contribution < 1.29 is 4.79 Å². The Kier molecular flexibility index (Phi) is 4.06. The zero-order chi connectivity index (χ0) is 22.6. The number of carbonyl (C=O) groups excluding carboxylic acids is 1. The SMILES string of the molecule is O=C(/C=C/c1ccc2ccc3cccc4ccc1c2c34)c1c2ccccc2cc2ccccc12. The van der Waals surface area contributed by atoms with E-state index >= 15 is 0 Å². The smallest absolute Gasteiger partial charge is 0.187 e. The Morgan fingerprint density at radius 2 is 1.06 bits per heavy atom. The van der Waals surface area contributed by atoms with Gasteiger partial charge in [0.2, 0.25) is 0 Å². The van der Waals surface area contributed by atoms with E-state index in [1.165, 1.54) is 32.3 Å². The summed E-state index contributed by atoms with van der Waals surface area (Å²) in [6.07, 6.45) is 3.71. The van der Waals surface area contributed by atoms with E-state index in [2.05, 4.69) is 72.8 Å². The summed E-state index contributed by atoms with van der Waals surface area (Å²) in [7, 11) is 0. The number of ketones is 1. The second-order valence-electron chi connectivity index (χ2n) is 8.90. The van der Waals surface area contributed by atoms with Crippen molar-refractivity contribution in [3.05, 3.63) is 126 Å². The Hall–Kier alpha value is -4.49. The van der Waals surface area contributed by atoms with Crippen molar-refractivity contribution in [1.82, 2.24) is 0 Å². The normalized spacial score (nSPS) is 12.1. The third-order valence-corrected chi connectivity index (χ3v) is 6.99. The summed E-state index contributed by atoms with van der Waals surface area (Å²) in [4.78, 5) is 13.6. The lowest BCUT2D eigenvalue weighted by Crippen LogP contribution is -1.98. The standard InChI is InChI=1S/C33H20O/c34-30(33-27-10-3-1-6-25(27)20-26-7-2-4-11-28(26)33)19-17-21-12-13-24-15-14-22-8-5-9-23-16-18-29(21)32(24)31(22)23/h1-20H/b19-17+. The molecule has 0 radical (unpaired) electrons. The summed E-state index contributed by atoms with van der Waals surface area (Å²) in [5, 5.41) is 11.6. The third-order valence-electron chi connectivity index (χ3n) is 6.99. The molecule has 7 aromatic carbocycles. The number of hydrogen-bond donors (Lipinski definition) is 0. The summed E-state index contributed by atoms with van der Waals surface area (Å²) in [5.41, 5.74) is 1.83. The molecule has 34 heavy (non-hydrogen) atoms. The Bertz CT molecular complexity index is 1850. The van der Waals surface area contributed by atoms with Crippen LogP contribution in [0.1, 0.15) is 15.9 Å². The fourth-order valence-electron chi connectivity index (χ4n) is 5.43. The van der Waals surface area contributed by atoms with Crippen LogP contribution in [0.4, 0.5) is 0 Å². The summed E-state index contributed by atoms with van der Waals surface area (Å²) in [6.45, 7) is 0. The molecule has 0 aliphatic rings. The highest BCUT2D eigenvalue weighted by atomic mass is 16.1. The lowest BCUT2D eigenvalue weighted by Gasteiger charge is -2.12. The monoisotopic (exact) mass is 432 g/mol. The zero-order valence-corrected chi connectivity index (χ0v) is 18.5. The molecule has 0 saturated heterocycles. The van der Waals surface area contributed by atoms with Crippen molar-refractivity contribution in [3.63, 3.8) is 0 Å². The van der Waals surface area contributed by atoms with Crippen molar-refractivity contribution >= 4 is 65.7 Å². The van der Waals surface area contributed by atoms with Gasteiger partial charge in [-0.1, -0.05) is 109 Å². The molecular formula is C33H20O. The maximum atomic E-state index is 13.6. The highest BCUT2D eigenvalue weighted by molar-refractivity contribution is 6.26. The molecule has 0 unspecified atom stereocenters. The van der Waals surface area contributed by atoms with Crippen LogP contribution in [-0.4, -0.2) is 5.78 Å². The number of allylic oxidation sites excluding steroid dienone is 1. The van der Waals surface area contributed by atoms with Crippen LogP contribution >= 0.6 is 0 Å². The predicted octanol–water partition coefficient (Wildman–Crippen LogP) is 8.79. The molecule has 0 amide bonds. The molecule has 0 aromatic heterocycles. The lowest BCUT2D eigenvalue weighted by molar-refractivity contribution is 0.105. The summed E-state index contributed by atoms with van der Waals surface area (Å²) < 4.78 is 0. The molecule has 1 nitrogen and oxygen atoms in total. The van der Waals surface area contributed by atoms with Gasteiger partial charge < -0.3 is 0 Å². The molecule has 0 N–H and O–H groups in total. The first-order chi connectivity index (χ1) is 16.8. The minimum atomic E-state index is 0.0266. The average Bonchev–Trinajstić information content (AvgIpc) is 2.89. The number of hydrogen-bond acceptors (Lipinski definition) is 1. The molecule has 0 aliphatic heterocycles. The van der Waals surface area contributed by atoms with Crippen LogP contribution in [0.15, 0.2) is 115 Å². The maximum Gasteiger partial charge on any atom is 0.187 e. The topological polar surface area (TPSA) is 17.1 Å². The van der Waals surface area contributed by atoms with Crippen molar-refractivity contribution in [3.8, 4) is 0 Å². The molecule has 0 heterocycles. The van der Waals surface area contributed by atoms with Gasteiger partial charge in [-0.05, 0) is 71.6 Å². The first-order valence-electron chi connectivity index (χ1n) is 11.6. The lowest BCUT2D eigenvalue weighted by atomic mass is 9.91. The fraction of sp³-hybridized carbons (Fsp3) is 0. The van der Waals surface area contributed by atoms with Gasteiger partial charge in [-0.15, -0.1) is 0 Å². The van der Waals surface area contributed by atoms with E-state index in [1.807, 2.05) is 42.5 Å². The van der Waals surface area contributed by atoms with Crippen LogP contribution < -0.4 is 0 Å².